The molecule has 0 spiro atoms. The van der Waals surface area contributed by atoms with Gasteiger partial charge in [-0.1, -0.05) is 11.6 Å². The molecule has 7 nitrogen and oxygen atoms in total. The number of hydrogen-bond donors (Lipinski definition) is 0. The zero-order valence-electron chi connectivity index (χ0n) is 14.2. The van der Waals surface area contributed by atoms with Crippen LogP contribution in [0.2, 0.25) is 5.15 Å². The molecule has 2 aliphatic rings. The Hall–Kier alpha value is -1.83. The fourth-order valence-electron chi connectivity index (χ4n) is 3.14. The highest BCUT2D eigenvalue weighted by Gasteiger charge is 2.24. The maximum absolute atomic E-state index is 6.23. The molecule has 1 aromatic carbocycles. The molecule has 8 heteroatoms. The number of nitrogens with zero attached hydrogens (tertiary/aromatic N) is 4. The average molecular weight is 365 g/mol. The highest BCUT2D eigenvalue weighted by molar-refractivity contribution is 6.34. The molecule has 0 saturated carbocycles. The number of halogens is 1. The molecular weight excluding hydrogens is 344 g/mol. The van der Waals surface area contributed by atoms with Gasteiger partial charge in [-0.2, -0.15) is 0 Å². The lowest BCUT2D eigenvalue weighted by atomic mass is 10.2. The Balaban J connectivity index is 1.53. The van der Waals surface area contributed by atoms with Crippen molar-refractivity contribution in [2.24, 2.45) is 0 Å². The second kappa shape index (κ2) is 7.19. The van der Waals surface area contributed by atoms with Gasteiger partial charge >= 0.3 is 0 Å². The van der Waals surface area contributed by atoms with E-state index in [0.29, 0.717) is 53.1 Å². The van der Waals surface area contributed by atoms with Crippen molar-refractivity contribution in [1.82, 2.24) is 19.8 Å². The number of fused-ring (bicyclic) bond motifs is 3. The second-order valence-electron chi connectivity index (χ2n) is 6.28. The number of hydrogen-bond acceptors (Lipinski definition) is 7. The molecule has 1 saturated heterocycles. The lowest BCUT2D eigenvalue weighted by Crippen LogP contribution is -2.45. The van der Waals surface area contributed by atoms with Gasteiger partial charge in [0.15, 0.2) is 11.5 Å². The van der Waals surface area contributed by atoms with Crippen molar-refractivity contribution in [3.8, 4) is 17.2 Å². The number of piperazine rings is 1. The van der Waals surface area contributed by atoms with E-state index >= 15 is 0 Å². The van der Waals surface area contributed by atoms with Crippen molar-refractivity contribution in [3.63, 3.8) is 0 Å². The first-order chi connectivity index (χ1) is 12.2. The summed E-state index contributed by atoms with van der Waals surface area (Å²) in [5.74, 6) is 1.81. The summed E-state index contributed by atoms with van der Waals surface area (Å²) < 4.78 is 17.6. The summed E-state index contributed by atoms with van der Waals surface area (Å²) in [4.78, 5) is 13.1. The molecule has 3 heterocycles. The molecule has 2 aliphatic heterocycles. The summed E-state index contributed by atoms with van der Waals surface area (Å²) >= 11 is 6.23. The van der Waals surface area contributed by atoms with Crippen molar-refractivity contribution in [1.29, 1.82) is 0 Å². The van der Waals surface area contributed by atoms with Crippen LogP contribution in [-0.4, -0.2) is 79.4 Å². The van der Waals surface area contributed by atoms with Crippen LogP contribution in [0, 0.1) is 0 Å². The molecule has 0 aliphatic carbocycles. The van der Waals surface area contributed by atoms with Gasteiger partial charge in [-0.3, -0.25) is 4.90 Å². The summed E-state index contributed by atoms with van der Waals surface area (Å²) in [5.41, 5.74) is 0.693. The Labute approximate surface area is 151 Å². The summed E-state index contributed by atoms with van der Waals surface area (Å²) in [6, 6.07) is 1.85. The topological polar surface area (TPSA) is 60.0 Å². The zero-order chi connectivity index (χ0) is 17.2. The second-order valence-corrected chi connectivity index (χ2v) is 6.64. The fourth-order valence-corrected chi connectivity index (χ4v) is 3.36. The molecule has 0 N–H and O–H groups in total. The molecule has 1 fully saturated rings. The van der Waals surface area contributed by atoms with Crippen LogP contribution in [0.4, 0.5) is 0 Å². The van der Waals surface area contributed by atoms with Gasteiger partial charge in [0.2, 0.25) is 5.75 Å². The van der Waals surface area contributed by atoms with E-state index in [0.717, 1.165) is 32.7 Å². The van der Waals surface area contributed by atoms with E-state index in [-0.39, 0.29) is 0 Å². The quantitative estimate of drug-likeness (QED) is 0.765. The Morgan fingerprint density at radius 2 is 1.88 bits per heavy atom. The lowest BCUT2D eigenvalue weighted by Gasteiger charge is -2.32. The molecule has 0 unspecified atom stereocenters. The summed E-state index contributed by atoms with van der Waals surface area (Å²) in [5, 5.41) is 1.03. The molecule has 0 radical (unpaired) electrons. The van der Waals surface area contributed by atoms with Gasteiger partial charge in [0.1, 0.15) is 31.3 Å². The van der Waals surface area contributed by atoms with E-state index < -0.39 is 0 Å². The fraction of sp³-hybridized carbons (Fsp3) is 0.529. The predicted molar refractivity (Wildman–Crippen MR) is 95.0 cm³/mol. The third-order valence-corrected chi connectivity index (χ3v) is 4.88. The van der Waals surface area contributed by atoms with Crippen molar-refractivity contribution in [2.45, 2.75) is 0 Å². The Kier molecular flexibility index (Phi) is 4.78. The molecule has 4 rings (SSSR count). The standard InChI is InChI=1S/C17H21ClN4O3/c1-21-2-4-22(5-3-21)6-7-23-13-10-12-14(17(18)20-11-19-12)16-15(13)24-8-9-25-16/h10-11H,2-9H2,1H3. The monoisotopic (exact) mass is 364 g/mol. The highest BCUT2D eigenvalue weighted by Crippen LogP contribution is 2.46. The van der Waals surface area contributed by atoms with Gasteiger partial charge in [0.05, 0.1) is 10.9 Å². The molecule has 0 amide bonds. The third kappa shape index (κ3) is 3.44. The van der Waals surface area contributed by atoms with Crippen LogP contribution in [0.15, 0.2) is 12.4 Å². The minimum absolute atomic E-state index is 0.357. The van der Waals surface area contributed by atoms with Crippen LogP contribution in [-0.2, 0) is 0 Å². The third-order valence-electron chi connectivity index (χ3n) is 4.59. The Bertz CT molecular complexity index is 765. The van der Waals surface area contributed by atoms with Gasteiger partial charge in [-0.15, -0.1) is 0 Å². The molecular formula is C17H21ClN4O3. The van der Waals surface area contributed by atoms with Crippen molar-refractivity contribution >= 4 is 22.5 Å². The molecule has 2 aromatic rings. The summed E-state index contributed by atoms with van der Waals surface area (Å²) in [6.07, 6.45) is 1.44. The number of aromatic nitrogens is 2. The number of likely N-dealkylation sites (N-methyl/N-ethyl adjacent to an activating group) is 1. The van der Waals surface area contributed by atoms with E-state index in [1.54, 1.807) is 0 Å². The predicted octanol–water partition coefficient (Wildman–Crippen LogP) is 1.68. The van der Waals surface area contributed by atoms with Crippen LogP contribution in [0.3, 0.4) is 0 Å². The van der Waals surface area contributed by atoms with Crippen LogP contribution in [0.5, 0.6) is 17.2 Å². The Morgan fingerprint density at radius 1 is 1.12 bits per heavy atom. The van der Waals surface area contributed by atoms with E-state index in [4.69, 9.17) is 25.8 Å². The van der Waals surface area contributed by atoms with Crippen LogP contribution >= 0.6 is 11.6 Å². The molecule has 25 heavy (non-hydrogen) atoms. The number of rotatable bonds is 4. The maximum atomic E-state index is 6.23. The van der Waals surface area contributed by atoms with E-state index in [2.05, 4.69) is 26.8 Å². The first-order valence-corrected chi connectivity index (χ1v) is 8.86. The Morgan fingerprint density at radius 3 is 2.68 bits per heavy atom. The maximum Gasteiger partial charge on any atom is 0.204 e. The average Bonchev–Trinajstić information content (AvgIpc) is 2.63. The first-order valence-electron chi connectivity index (χ1n) is 8.49. The summed E-state index contributed by atoms with van der Waals surface area (Å²) in [7, 11) is 2.15. The molecule has 134 valence electrons. The first kappa shape index (κ1) is 16.6. The van der Waals surface area contributed by atoms with Gasteiger partial charge in [-0.05, 0) is 7.05 Å². The van der Waals surface area contributed by atoms with E-state index in [1.165, 1.54) is 6.33 Å². The smallest absolute Gasteiger partial charge is 0.204 e. The van der Waals surface area contributed by atoms with Crippen molar-refractivity contribution in [3.05, 3.63) is 17.5 Å². The van der Waals surface area contributed by atoms with E-state index in [1.807, 2.05) is 6.07 Å². The zero-order valence-corrected chi connectivity index (χ0v) is 15.0. The normalized spacial score (nSPS) is 18.5. The van der Waals surface area contributed by atoms with Gasteiger partial charge in [0, 0.05) is 38.8 Å². The lowest BCUT2D eigenvalue weighted by molar-refractivity contribution is 0.128. The highest BCUT2D eigenvalue weighted by atomic mass is 35.5. The molecule has 0 bridgehead atoms. The van der Waals surface area contributed by atoms with Crippen LogP contribution in [0.1, 0.15) is 0 Å². The van der Waals surface area contributed by atoms with Crippen LogP contribution < -0.4 is 14.2 Å². The number of benzene rings is 1. The van der Waals surface area contributed by atoms with Crippen LogP contribution in [0.25, 0.3) is 10.9 Å². The molecule has 0 atom stereocenters. The van der Waals surface area contributed by atoms with Gasteiger partial charge in [0.25, 0.3) is 0 Å². The van der Waals surface area contributed by atoms with Gasteiger partial charge < -0.3 is 19.1 Å². The number of ether oxygens (including phenoxy) is 3. The van der Waals surface area contributed by atoms with Gasteiger partial charge in [-0.25, -0.2) is 9.97 Å². The minimum Gasteiger partial charge on any atom is -0.488 e. The summed E-state index contributed by atoms with van der Waals surface area (Å²) in [6.45, 7) is 6.75. The van der Waals surface area contributed by atoms with Crippen molar-refractivity contribution in [2.75, 3.05) is 59.6 Å². The molecule has 1 aromatic heterocycles. The largest absolute Gasteiger partial charge is 0.488 e. The van der Waals surface area contributed by atoms with E-state index in [9.17, 15) is 0 Å². The minimum atomic E-state index is 0.357. The van der Waals surface area contributed by atoms with Crippen molar-refractivity contribution < 1.29 is 14.2 Å². The SMILES string of the molecule is CN1CCN(CCOc2cc3ncnc(Cl)c3c3c2OCCO3)CC1.